The number of halogens is 2. The summed E-state index contributed by atoms with van der Waals surface area (Å²) in [5.74, 6) is -2.23. The Morgan fingerprint density at radius 2 is 2.17 bits per heavy atom. The summed E-state index contributed by atoms with van der Waals surface area (Å²) < 4.78 is 26.3. The fraction of sp³-hybridized carbons (Fsp3) is 0.0909. The monoisotopic (exact) mass is 269 g/mol. The molecule has 0 saturated heterocycles. The molecule has 1 aromatic heterocycles. The van der Waals surface area contributed by atoms with Crippen molar-refractivity contribution < 1.29 is 13.6 Å². The van der Waals surface area contributed by atoms with Crippen molar-refractivity contribution in [1.82, 2.24) is 4.98 Å². The lowest BCUT2D eigenvalue weighted by Gasteiger charge is -2.08. The number of aryl methyl sites for hydroxylation is 1. The number of anilines is 2. The zero-order valence-corrected chi connectivity index (χ0v) is 10.1. The maximum absolute atomic E-state index is 13.5. The van der Waals surface area contributed by atoms with E-state index in [0.29, 0.717) is 16.6 Å². The first kappa shape index (κ1) is 12.4. The standard InChI is InChI=1S/C11H9F2N3OS/c1-5-10(18-4-15-5)11(17)16-9-7(13)2-6(12)3-8(9)14/h2-4H,14H2,1H3,(H,16,17). The van der Waals surface area contributed by atoms with E-state index in [-0.39, 0.29) is 11.4 Å². The van der Waals surface area contributed by atoms with Gasteiger partial charge in [0.15, 0.2) is 5.82 Å². The third-order valence-electron chi connectivity index (χ3n) is 2.28. The Labute approximate surface area is 105 Å². The lowest BCUT2D eigenvalue weighted by molar-refractivity contribution is 0.102. The number of carbonyl (C=O) groups is 1. The van der Waals surface area contributed by atoms with Crippen molar-refractivity contribution in [1.29, 1.82) is 0 Å². The summed E-state index contributed by atoms with van der Waals surface area (Å²) in [7, 11) is 0. The predicted octanol–water partition coefficient (Wildman–Crippen LogP) is 2.56. The Morgan fingerprint density at radius 3 is 2.72 bits per heavy atom. The number of carbonyl (C=O) groups excluding carboxylic acids is 1. The molecule has 0 aliphatic heterocycles. The number of benzene rings is 1. The number of amides is 1. The van der Waals surface area contributed by atoms with Crippen LogP contribution in [0.4, 0.5) is 20.2 Å². The second-order valence-corrected chi connectivity index (χ2v) is 4.43. The van der Waals surface area contributed by atoms with Gasteiger partial charge in [-0.15, -0.1) is 11.3 Å². The van der Waals surface area contributed by atoms with E-state index in [2.05, 4.69) is 10.3 Å². The van der Waals surface area contributed by atoms with Gasteiger partial charge in [0, 0.05) is 6.07 Å². The summed E-state index contributed by atoms with van der Waals surface area (Å²) >= 11 is 1.13. The average molecular weight is 269 g/mol. The Hall–Kier alpha value is -2.02. The molecule has 4 nitrogen and oxygen atoms in total. The highest BCUT2D eigenvalue weighted by Crippen LogP contribution is 2.25. The van der Waals surface area contributed by atoms with Crippen LogP contribution in [0, 0.1) is 18.6 Å². The largest absolute Gasteiger partial charge is 0.397 e. The van der Waals surface area contributed by atoms with Gasteiger partial charge in [-0.2, -0.15) is 0 Å². The maximum Gasteiger partial charge on any atom is 0.267 e. The number of thiazole rings is 1. The number of nitrogen functional groups attached to an aromatic ring is 1. The molecular formula is C11H9F2N3OS. The number of rotatable bonds is 2. The Morgan fingerprint density at radius 1 is 1.44 bits per heavy atom. The summed E-state index contributed by atoms with van der Waals surface area (Å²) in [4.78, 5) is 16.1. The van der Waals surface area contributed by atoms with Crippen molar-refractivity contribution >= 4 is 28.6 Å². The number of nitrogens with two attached hydrogens (primary N) is 1. The molecule has 0 atom stereocenters. The SMILES string of the molecule is Cc1ncsc1C(=O)Nc1c(N)cc(F)cc1F. The lowest BCUT2D eigenvalue weighted by atomic mass is 10.2. The zero-order chi connectivity index (χ0) is 13.3. The van der Waals surface area contributed by atoms with E-state index in [9.17, 15) is 13.6 Å². The number of nitrogens with one attached hydrogen (secondary N) is 1. The van der Waals surface area contributed by atoms with Crippen molar-refractivity contribution in [2.24, 2.45) is 0 Å². The molecule has 0 spiro atoms. The van der Waals surface area contributed by atoms with Crippen LogP contribution in [-0.2, 0) is 0 Å². The minimum Gasteiger partial charge on any atom is -0.397 e. The molecule has 3 N–H and O–H groups in total. The predicted molar refractivity (Wildman–Crippen MR) is 65.6 cm³/mol. The molecule has 1 aromatic carbocycles. The van der Waals surface area contributed by atoms with Crippen LogP contribution in [0.25, 0.3) is 0 Å². The molecule has 0 bridgehead atoms. The highest BCUT2D eigenvalue weighted by atomic mass is 32.1. The fourth-order valence-corrected chi connectivity index (χ4v) is 2.11. The molecule has 0 aliphatic rings. The fourth-order valence-electron chi connectivity index (χ4n) is 1.42. The van der Waals surface area contributed by atoms with E-state index in [1.807, 2.05) is 0 Å². The van der Waals surface area contributed by atoms with Crippen LogP contribution in [0.15, 0.2) is 17.6 Å². The van der Waals surface area contributed by atoms with Gasteiger partial charge >= 0.3 is 0 Å². The van der Waals surface area contributed by atoms with Crippen LogP contribution in [-0.4, -0.2) is 10.9 Å². The summed E-state index contributed by atoms with van der Waals surface area (Å²) in [5, 5.41) is 2.31. The average Bonchev–Trinajstić information content (AvgIpc) is 2.69. The first-order valence-corrected chi connectivity index (χ1v) is 5.83. The molecule has 0 fully saturated rings. The molecule has 1 amide bonds. The zero-order valence-electron chi connectivity index (χ0n) is 9.33. The number of aromatic nitrogens is 1. The molecule has 0 unspecified atom stereocenters. The Kier molecular flexibility index (Phi) is 3.24. The first-order chi connectivity index (χ1) is 8.49. The van der Waals surface area contributed by atoms with Gasteiger partial charge in [0.25, 0.3) is 5.91 Å². The van der Waals surface area contributed by atoms with Crippen LogP contribution in [0.3, 0.4) is 0 Å². The lowest BCUT2D eigenvalue weighted by Crippen LogP contribution is -2.14. The second-order valence-electron chi connectivity index (χ2n) is 3.57. The van der Waals surface area contributed by atoms with Gasteiger partial charge in [-0.1, -0.05) is 0 Å². The van der Waals surface area contributed by atoms with Gasteiger partial charge in [-0.25, -0.2) is 13.8 Å². The van der Waals surface area contributed by atoms with Crippen LogP contribution in [0.1, 0.15) is 15.4 Å². The van der Waals surface area contributed by atoms with Gasteiger partial charge in [-0.05, 0) is 13.0 Å². The number of nitrogens with zero attached hydrogens (tertiary/aromatic N) is 1. The molecule has 1 heterocycles. The van der Waals surface area contributed by atoms with Crippen LogP contribution in [0.5, 0.6) is 0 Å². The molecule has 18 heavy (non-hydrogen) atoms. The molecule has 7 heteroatoms. The van der Waals surface area contributed by atoms with Crippen LogP contribution >= 0.6 is 11.3 Å². The molecule has 94 valence electrons. The topological polar surface area (TPSA) is 68.0 Å². The highest BCUT2D eigenvalue weighted by Gasteiger charge is 2.16. The summed E-state index contributed by atoms with van der Waals surface area (Å²) in [6.07, 6.45) is 0. The summed E-state index contributed by atoms with van der Waals surface area (Å²) in [6.45, 7) is 1.66. The molecule has 2 aromatic rings. The third-order valence-corrected chi connectivity index (χ3v) is 3.20. The van der Waals surface area contributed by atoms with Gasteiger partial charge in [0.05, 0.1) is 16.9 Å². The van der Waals surface area contributed by atoms with Crippen molar-refractivity contribution in [3.8, 4) is 0 Å². The van der Waals surface area contributed by atoms with Crippen molar-refractivity contribution in [2.75, 3.05) is 11.1 Å². The Bertz CT molecular complexity index is 589. The Balaban J connectivity index is 2.31. The van der Waals surface area contributed by atoms with Gasteiger partial charge in [0.2, 0.25) is 0 Å². The number of hydrogen-bond acceptors (Lipinski definition) is 4. The van der Waals surface area contributed by atoms with E-state index in [1.54, 1.807) is 6.92 Å². The van der Waals surface area contributed by atoms with E-state index in [1.165, 1.54) is 5.51 Å². The van der Waals surface area contributed by atoms with Gasteiger partial charge in [0.1, 0.15) is 16.4 Å². The van der Waals surface area contributed by atoms with Crippen LogP contribution in [0.2, 0.25) is 0 Å². The molecular weight excluding hydrogens is 260 g/mol. The van der Waals surface area contributed by atoms with Crippen molar-refractivity contribution in [3.05, 3.63) is 39.8 Å². The van der Waals surface area contributed by atoms with Crippen molar-refractivity contribution in [2.45, 2.75) is 6.92 Å². The molecule has 0 aliphatic carbocycles. The summed E-state index contributed by atoms with van der Waals surface area (Å²) in [6, 6.07) is 1.60. The molecule has 2 rings (SSSR count). The minimum absolute atomic E-state index is 0.164. The van der Waals surface area contributed by atoms with E-state index in [4.69, 9.17) is 5.73 Å². The van der Waals surface area contributed by atoms with E-state index >= 15 is 0 Å². The highest BCUT2D eigenvalue weighted by molar-refractivity contribution is 7.12. The minimum atomic E-state index is -0.914. The maximum atomic E-state index is 13.5. The first-order valence-electron chi connectivity index (χ1n) is 4.95. The second kappa shape index (κ2) is 4.69. The molecule has 0 saturated carbocycles. The summed E-state index contributed by atoms with van der Waals surface area (Å²) in [5.41, 5.74) is 7.11. The van der Waals surface area contributed by atoms with E-state index < -0.39 is 17.5 Å². The quantitative estimate of drug-likeness (QED) is 0.823. The smallest absolute Gasteiger partial charge is 0.267 e. The number of hydrogen-bond donors (Lipinski definition) is 2. The van der Waals surface area contributed by atoms with Gasteiger partial charge in [-0.3, -0.25) is 4.79 Å². The van der Waals surface area contributed by atoms with Crippen LogP contribution < -0.4 is 11.1 Å². The van der Waals surface area contributed by atoms with Gasteiger partial charge < -0.3 is 11.1 Å². The molecule has 0 radical (unpaired) electrons. The van der Waals surface area contributed by atoms with Crippen molar-refractivity contribution in [3.63, 3.8) is 0 Å². The van der Waals surface area contributed by atoms with E-state index in [0.717, 1.165) is 17.4 Å². The third kappa shape index (κ3) is 2.30. The normalized spacial score (nSPS) is 10.4.